The number of methoxy groups -OCH3 is 1. The summed E-state index contributed by atoms with van der Waals surface area (Å²) in [5.74, 6) is 0.716. The van der Waals surface area contributed by atoms with Crippen molar-refractivity contribution < 1.29 is 19.0 Å². The molecule has 2 aliphatic heterocycles. The first-order chi connectivity index (χ1) is 12.9. The minimum Gasteiger partial charge on any atom is -0.444 e. The molecule has 150 valence electrons. The first-order valence-corrected chi connectivity index (χ1v) is 10.1. The van der Waals surface area contributed by atoms with Crippen molar-refractivity contribution in [1.29, 1.82) is 0 Å². The van der Waals surface area contributed by atoms with E-state index in [0.29, 0.717) is 19.1 Å². The van der Waals surface area contributed by atoms with E-state index in [0.717, 1.165) is 38.9 Å². The topological polar surface area (TPSA) is 48.0 Å². The minimum absolute atomic E-state index is 0.0919. The monoisotopic (exact) mass is 375 g/mol. The van der Waals surface area contributed by atoms with Crippen LogP contribution in [0.3, 0.4) is 0 Å². The zero-order valence-electron chi connectivity index (χ0n) is 17.1. The average Bonchev–Trinajstić information content (AvgIpc) is 2.61. The van der Waals surface area contributed by atoms with E-state index in [1.807, 2.05) is 25.7 Å². The number of benzene rings is 1. The molecule has 1 amide bonds. The highest BCUT2D eigenvalue weighted by atomic mass is 16.6. The number of nitrogens with zero attached hydrogens (tertiary/aromatic N) is 1. The van der Waals surface area contributed by atoms with Gasteiger partial charge in [0.15, 0.2) is 0 Å². The van der Waals surface area contributed by atoms with Crippen LogP contribution in [-0.2, 0) is 27.1 Å². The molecule has 2 aliphatic rings. The Morgan fingerprint density at radius 1 is 1.26 bits per heavy atom. The molecule has 0 spiro atoms. The van der Waals surface area contributed by atoms with E-state index in [1.54, 1.807) is 7.11 Å². The fourth-order valence-corrected chi connectivity index (χ4v) is 4.05. The molecule has 2 heterocycles. The fraction of sp³-hybridized carbons (Fsp3) is 0.682. The molecule has 1 fully saturated rings. The number of fused-ring (bicyclic) bond motifs is 1. The van der Waals surface area contributed by atoms with Crippen molar-refractivity contribution in [3.8, 4) is 0 Å². The predicted molar refractivity (Wildman–Crippen MR) is 105 cm³/mol. The molecule has 1 aromatic carbocycles. The first-order valence-electron chi connectivity index (χ1n) is 10.1. The Kier molecular flexibility index (Phi) is 6.43. The summed E-state index contributed by atoms with van der Waals surface area (Å²) >= 11 is 0. The quantitative estimate of drug-likeness (QED) is 0.794. The van der Waals surface area contributed by atoms with Crippen LogP contribution in [-0.4, -0.2) is 50.1 Å². The lowest BCUT2D eigenvalue weighted by atomic mass is 9.87. The summed E-state index contributed by atoms with van der Waals surface area (Å²) in [7, 11) is 1.68. The maximum Gasteiger partial charge on any atom is 0.410 e. The second kappa shape index (κ2) is 8.61. The lowest BCUT2D eigenvalue weighted by Crippen LogP contribution is -2.44. The second-order valence-electron chi connectivity index (χ2n) is 8.69. The minimum atomic E-state index is -0.497. The molecule has 0 N–H and O–H groups in total. The summed E-state index contributed by atoms with van der Waals surface area (Å²) in [5.41, 5.74) is 3.41. The van der Waals surface area contributed by atoms with Crippen molar-refractivity contribution in [2.45, 2.75) is 58.1 Å². The number of carbonyl (C=O) groups excluding carboxylic acids is 1. The summed E-state index contributed by atoms with van der Waals surface area (Å²) in [6.45, 7) is 8.61. The van der Waals surface area contributed by atoms with Gasteiger partial charge in [0, 0.05) is 26.9 Å². The van der Waals surface area contributed by atoms with Gasteiger partial charge in [0.05, 0.1) is 12.6 Å². The molecule has 0 radical (unpaired) electrons. The smallest absolute Gasteiger partial charge is 0.410 e. The number of hydrogen-bond donors (Lipinski definition) is 0. The number of rotatable bonds is 4. The van der Waals surface area contributed by atoms with Gasteiger partial charge in [0.25, 0.3) is 0 Å². The van der Waals surface area contributed by atoms with E-state index < -0.39 is 5.60 Å². The summed E-state index contributed by atoms with van der Waals surface area (Å²) in [6.07, 6.45) is 4.00. The highest BCUT2D eigenvalue weighted by Crippen LogP contribution is 2.33. The van der Waals surface area contributed by atoms with Crippen molar-refractivity contribution in [3.63, 3.8) is 0 Å². The largest absolute Gasteiger partial charge is 0.444 e. The molecule has 0 aliphatic carbocycles. The molecule has 1 saturated heterocycles. The van der Waals surface area contributed by atoms with Gasteiger partial charge in [-0.1, -0.05) is 18.2 Å². The molecule has 3 rings (SSSR count). The number of carbonyl (C=O) groups is 1. The second-order valence-corrected chi connectivity index (χ2v) is 8.69. The summed E-state index contributed by atoms with van der Waals surface area (Å²) in [5, 5.41) is 0. The van der Waals surface area contributed by atoms with Crippen LogP contribution in [0.2, 0.25) is 0 Å². The van der Waals surface area contributed by atoms with Gasteiger partial charge in [-0.05, 0) is 69.1 Å². The molecule has 5 heteroatoms. The number of amides is 1. The zero-order valence-corrected chi connectivity index (χ0v) is 17.1. The van der Waals surface area contributed by atoms with Gasteiger partial charge < -0.3 is 14.2 Å². The SMILES string of the molecule is COC[C@H]1c2ccc(CC3CCOCC3)cc2CCN1C(=O)OC(C)(C)C. The summed E-state index contributed by atoms with van der Waals surface area (Å²) in [4.78, 5) is 14.5. The summed E-state index contributed by atoms with van der Waals surface area (Å²) in [6, 6.07) is 6.64. The predicted octanol–water partition coefficient (Wildman–Crippen LogP) is 4.14. The Hall–Kier alpha value is -1.59. The van der Waals surface area contributed by atoms with E-state index in [2.05, 4.69) is 18.2 Å². The van der Waals surface area contributed by atoms with Crippen LogP contribution in [0.4, 0.5) is 4.79 Å². The van der Waals surface area contributed by atoms with E-state index in [1.165, 1.54) is 16.7 Å². The molecule has 0 bridgehead atoms. The van der Waals surface area contributed by atoms with Gasteiger partial charge in [-0.15, -0.1) is 0 Å². The fourth-order valence-electron chi connectivity index (χ4n) is 4.05. The third kappa shape index (κ3) is 5.23. The van der Waals surface area contributed by atoms with Crippen LogP contribution in [0.25, 0.3) is 0 Å². The van der Waals surface area contributed by atoms with Crippen molar-refractivity contribution >= 4 is 6.09 Å². The van der Waals surface area contributed by atoms with E-state index in [4.69, 9.17) is 14.2 Å². The van der Waals surface area contributed by atoms with Crippen LogP contribution >= 0.6 is 0 Å². The van der Waals surface area contributed by atoms with Gasteiger partial charge in [0.2, 0.25) is 0 Å². The van der Waals surface area contributed by atoms with Crippen LogP contribution < -0.4 is 0 Å². The number of ether oxygens (including phenoxy) is 3. The average molecular weight is 376 g/mol. The van der Waals surface area contributed by atoms with Crippen LogP contribution in [0.1, 0.15) is 56.3 Å². The molecule has 27 heavy (non-hydrogen) atoms. The molecule has 0 aromatic heterocycles. The van der Waals surface area contributed by atoms with Gasteiger partial charge in [-0.2, -0.15) is 0 Å². The molecule has 1 aromatic rings. The van der Waals surface area contributed by atoms with Crippen molar-refractivity contribution in [1.82, 2.24) is 4.90 Å². The molecular weight excluding hydrogens is 342 g/mol. The maximum atomic E-state index is 12.7. The highest BCUT2D eigenvalue weighted by molar-refractivity contribution is 5.69. The zero-order chi connectivity index (χ0) is 19.4. The number of hydrogen-bond acceptors (Lipinski definition) is 4. The molecule has 0 saturated carbocycles. The third-order valence-corrected chi connectivity index (χ3v) is 5.38. The Bertz CT molecular complexity index is 646. The van der Waals surface area contributed by atoms with Crippen LogP contribution in [0.5, 0.6) is 0 Å². The third-order valence-electron chi connectivity index (χ3n) is 5.38. The van der Waals surface area contributed by atoms with Gasteiger partial charge in [0.1, 0.15) is 5.60 Å². The van der Waals surface area contributed by atoms with Gasteiger partial charge in [-0.25, -0.2) is 4.79 Å². The first kappa shape index (κ1) is 20.2. The van der Waals surface area contributed by atoms with E-state index in [-0.39, 0.29) is 12.1 Å². The standard InChI is InChI=1S/C22H33NO4/c1-22(2,3)27-21(24)23-10-7-18-14-17(13-16-8-11-26-12-9-16)5-6-19(18)20(23)15-25-4/h5-6,14,16,20H,7-13,15H2,1-4H3/t20-/m0/s1. The lowest BCUT2D eigenvalue weighted by Gasteiger charge is -2.38. The highest BCUT2D eigenvalue weighted by Gasteiger charge is 2.33. The van der Waals surface area contributed by atoms with Crippen LogP contribution in [0.15, 0.2) is 18.2 Å². The molecule has 5 nitrogen and oxygen atoms in total. The molecule has 1 atom stereocenters. The summed E-state index contributed by atoms with van der Waals surface area (Å²) < 4.78 is 16.5. The van der Waals surface area contributed by atoms with Gasteiger partial charge >= 0.3 is 6.09 Å². The Morgan fingerprint density at radius 2 is 2.00 bits per heavy atom. The van der Waals surface area contributed by atoms with Crippen molar-refractivity contribution in [2.24, 2.45) is 5.92 Å². The Morgan fingerprint density at radius 3 is 2.67 bits per heavy atom. The maximum absolute atomic E-state index is 12.7. The van der Waals surface area contributed by atoms with Crippen molar-refractivity contribution in [2.75, 3.05) is 33.5 Å². The Balaban J connectivity index is 1.76. The van der Waals surface area contributed by atoms with Gasteiger partial charge in [-0.3, -0.25) is 4.90 Å². The Labute approximate surface area is 163 Å². The van der Waals surface area contributed by atoms with Crippen LogP contribution in [0, 0.1) is 5.92 Å². The molecular formula is C22H33NO4. The van der Waals surface area contributed by atoms with Crippen molar-refractivity contribution in [3.05, 3.63) is 34.9 Å². The molecule has 0 unspecified atom stereocenters. The van der Waals surface area contributed by atoms with E-state index >= 15 is 0 Å². The lowest BCUT2D eigenvalue weighted by molar-refractivity contribution is 0.00324. The normalized spacial score (nSPS) is 21.0. The van der Waals surface area contributed by atoms with E-state index in [9.17, 15) is 4.79 Å².